The first-order valence-corrected chi connectivity index (χ1v) is 11.7. The summed E-state index contributed by atoms with van der Waals surface area (Å²) >= 11 is 3.40. The Morgan fingerprint density at radius 3 is 2.38 bits per heavy atom. The number of halogens is 1. The zero-order valence-electron chi connectivity index (χ0n) is 20.5. The van der Waals surface area contributed by atoms with Crippen LogP contribution >= 0.6 is 15.9 Å². The van der Waals surface area contributed by atoms with Gasteiger partial charge in [0, 0.05) is 41.1 Å². The molecule has 0 unspecified atom stereocenters. The molecule has 0 aliphatic heterocycles. The zero-order chi connectivity index (χ0) is 25.8. The minimum Gasteiger partial charge on any atom is -0.463 e. The van der Waals surface area contributed by atoms with Crippen molar-refractivity contribution >= 4 is 50.6 Å². The molecule has 2 N–H and O–H groups in total. The molecule has 0 aliphatic carbocycles. The number of nitrogens with zero attached hydrogens (tertiary/aromatic N) is 1. The molecule has 0 fully saturated rings. The maximum absolute atomic E-state index is 13.4. The quantitative estimate of drug-likeness (QED) is 0.387. The molecule has 1 heterocycles. The number of aromatic nitrogens is 1. The lowest BCUT2D eigenvalue weighted by atomic mass is 10.00. The van der Waals surface area contributed by atoms with Crippen molar-refractivity contribution in [3.8, 4) is 0 Å². The number of ketones is 1. The van der Waals surface area contributed by atoms with E-state index >= 15 is 0 Å². The summed E-state index contributed by atoms with van der Waals surface area (Å²) in [6.45, 7) is 9.64. The largest absolute Gasteiger partial charge is 0.463 e. The van der Waals surface area contributed by atoms with Crippen molar-refractivity contribution in [2.24, 2.45) is 5.92 Å². The summed E-state index contributed by atoms with van der Waals surface area (Å²) in [4.78, 5) is 55.0. The highest BCUT2D eigenvalue weighted by Crippen LogP contribution is 2.24. The van der Waals surface area contributed by atoms with Gasteiger partial charge in [0.1, 0.15) is 24.3 Å². The van der Waals surface area contributed by atoms with Gasteiger partial charge in [0.25, 0.3) is 0 Å². The molecule has 0 saturated carbocycles. The van der Waals surface area contributed by atoms with E-state index in [0.717, 1.165) is 9.99 Å². The number of carbonyl (C=O) groups is 4. The van der Waals surface area contributed by atoms with E-state index in [1.54, 1.807) is 46.9 Å². The first kappa shape index (κ1) is 27.4. The molecular formula is C24H32BrN3O6. The summed E-state index contributed by atoms with van der Waals surface area (Å²) in [6.07, 6.45) is 0.893. The number of fused-ring (bicyclic) bond motifs is 1. The minimum atomic E-state index is -1.15. The van der Waals surface area contributed by atoms with Crippen LogP contribution in [-0.2, 0) is 19.1 Å². The Labute approximate surface area is 207 Å². The van der Waals surface area contributed by atoms with Gasteiger partial charge >= 0.3 is 12.1 Å². The number of Topliss-reactive ketones (excluding diaryl/α,β-unsaturated/α-hetero) is 1. The van der Waals surface area contributed by atoms with Crippen LogP contribution in [0.2, 0.25) is 0 Å². The molecule has 1 aromatic heterocycles. The highest BCUT2D eigenvalue weighted by atomic mass is 79.9. The predicted molar refractivity (Wildman–Crippen MR) is 132 cm³/mol. The van der Waals surface area contributed by atoms with Crippen LogP contribution in [0.25, 0.3) is 10.9 Å². The van der Waals surface area contributed by atoms with E-state index in [0.29, 0.717) is 10.9 Å². The molecule has 186 valence electrons. The molecule has 1 aromatic carbocycles. The number of ether oxygens (including phenoxy) is 2. The summed E-state index contributed by atoms with van der Waals surface area (Å²) in [5.74, 6) is -1.86. The molecule has 9 nitrogen and oxygen atoms in total. The van der Waals surface area contributed by atoms with Gasteiger partial charge in [-0.2, -0.15) is 0 Å². The number of aromatic amines is 1. The molecule has 2 aromatic rings. The standard InChI is InChI=1S/C24H32BrN3O6/c1-13(2)20(28(7)23(32)34-24(4,5)6)22(31)27-19(12-33-14(3)29)21(30)17-11-26-18-9-8-15(25)10-16(17)18/h8-11,13,19-20,26H,12H2,1-7H3,(H,27,31)/t19-,20+/m1/s1. The van der Waals surface area contributed by atoms with Crippen molar-refractivity contribution in [1.82, 2.24) is 15.2 Å². The first-order chi connectivity index (χ1) is 15.7. The van der Waals surface area contributed by atoms with Crippen molar-refractivity contribution in [3.05, 3.63) is 34.4 Å². The van der Waals surface area contributed by atoms with Crippen molar-refractivity contribution in [2.45, 2.75) is 59.2 Å². The van der Waals surface area contributed by atoms with Gasteiger partial charge in [-0.3, -0.25) is 19.3 Å². The van der Waals surface area contributed by atoms with E-state index in [1.807, 2.05) is 12.1 Å². The van der Waals surface area contributed by atoms with E-state index in [4.69, 9.17) is 9.47 Å². The van der Waals surface area contributed by atoms with Crippen LogP contribution in [0.1, 0.15) is 51.9 Å². The molecule has 0 saturated heterocycles. The average Bonchev–Trinajstić information content (AvgIpc) is 3.11. The molecular weight excluding hydrogens is 506 g/mol. The zero-order valence-corrected chi connectivity index (χ0v) is 22.1. The van der Waals surface area contributed by atoms with Gasteiger partial charge in [0.2, 0.25) is 5.91 Å². The van der Waals surface area contributed by atoms with Crippen molar-refractivity contribution < 1.29 is 28.7 Å². The van der Waals surface area contributed by atoms with Crippen molar-refractivity contribution in [2.75, 3.05) is 13.7 Å². The molecule has 0 bridgehead atoms. The monoisotopic (exact) mass is 537 g/mol. The SMILES string of the molecule is CC(=O)OC[C@@H](NC(=O)[C@H](C(C)C)N(C)C(=O)OC(C)(C)C)C(=O)c1c[nH]c2ccc(Br)cc12. The van der Waals surface area contributed by atoms with E-state index in [1.165, 1.54) is 18.9 Å². The van der Waals surface area contributed by atoms with Crippen LogP contribution in [0.15, 0.2) is 28.9 Å². The lowest BCUT2D eigenvalue weighted by molar-refractivity contribution is -0.142. The number of hydrogen-bond donors (Lipinski definition) is 2. The van der Waals surface area contributed by atoms with Crippen molar-refractivity contribution in [3.63, 3.8) is 0 Å². The predicted octanol–water partition coefficient (Wildman–Crippen LogP) is 4.05. The maximum Gasteiger partial charge on any atom is 0.410 e. The first-order valence-electron chi connectivity index (χ1n) is 10.9. The fraction of sp³-hybridized carbons (Fsp3) is 0.500. The Balaban J connectivity index is 2.33. The van der Waals surface area contributed by atoms with Gasteiger partial charge in [-0.1, -0.05) is 29.8 Å². The smallest absolute Gasteiger partial charge is 0.410 e. The summed E-state index contributed by atoms with van der Waals surface area (Å²) in [5, 5.41) is 3.34. The number of H-pyrrole nitrogens is 1. The van der Waals surface area contributed by atoms with Gasteiger partial charge in [0.15, 0.2) is 5.78 Å². The number of rotatable bonds is 8. The highest BCUT2D eigenvalue weighted by Gasteiger charge is 2.35. The van der Waals surface area contributed by atoms with Crippen molar-refractivity contribution in [1.29, 1.82) is 0 Å². The molecule has 0 radical (unpaired) electrons. The Morgan fingerprint density at radius 1 is 1.18 bits per heavy atom. The third-order valence-electron chi connectivity index (χ3n) is 4.99. The maximum atomic E-state index is 13.4. The van der Waals surface area contributed by atoms with Crippen LogP contribution in [-0.4, -0.2) is 65.0 Å². The van der Waals surface area contributed by atoms with Crippen LogP contribution in [0.5, 0.6) is 0 Å². The van der Waals surface area contributed by atoms with E-state index in [2.05, 4.69) is 26.2 Å². The van der Waals surface area contributed by atoms with Crippen LogP contribution in [0.4, 0.5) is 4.79 Å². The van der Waals surface area contributed by atoms with Crippen LogP contribution in [0.3, 0.4) is 0 Å². The second-order valence-electron chi connectivity index (χ2n) is 9.40. The van der Waals surface area contributed by atoms with E-state index < -0.39 is 41.4 Å². The Bertz CT molecular complexity index is 1070. The van der Waals surface area contributed by atoms with Gasteiger partial charge in [-0.25, -0.2) is 4.79 Å². The van der Waals surface area contributed by atoms with Gasteiger partial charge < -0.3 is 19.8 Å². The summed E-state index contributed by atoms with van der Waals surface area (Å²) in [5.41, 5.74) is 0.352. The fourth-order valence-corrected chi connectivity index (χ4v) is 3.86. The summed E-state index contributed by atoms with van der Waals surface area (Å²) < 4.78 is 11.3. The molecule has 0 spiro atoms. The van der Waals surface area contributed by atoms with E-state index in [9.17, 15) is 19.2 Å². The Hall–Kier alpha value is -2.88. The average molecular weight is 538 g/mol. The topological polar surface area (TPSA) is 118 Å². The van der Waals surface area contributed by atoms with Crippen LogP contribution in [0, 0.1) is 5.92 Å². The molecule has 0 aliphatic rings. The second kappa shape index (κ2) is 11.0. The lowest BCUT2D eigenvalue weighted by Crippen LogP contribution is -2.55. The lowest BCUT2D eigenvalue weighted by Gasteiger charge is -2.33. The summed E-state index contributed by atoms with van der Waals surface area (Å²) in [7, 11) is 1.47. The number of esters is 1. The number of amides is 2. The van der Waals surface area contributed by atoms with Gasteiger partial charge in [0.05, 0.1) is 0 Å². The Kier molecular flexibility index (Phi) is 8.88. The Morgan fingerprint density at radius 2 is 1.82 bits per heavy atom. The number of likely N-dealkylation sites (N-methyl/N-ethyl adjacent to an activating group) is 1. The molecule has 34 heavy (non-hydrogen) atoms. The number of benzene rings is 1. The third-order valence-corrected chi connectivity index (χ3v) is 5.49. The van der Waals surface area contributed by atoms with Gasteiger partial charge in [-0.05, 0) is 44.9 Å². The third kappa shape index (κ3) is 7.06. The molecule has 10 heteroatoms. The molecule has 2 atom stereocenters. The number of nitrogens with one attached hydrogen (secondary N) is 2. The van der Waals surface area contributed by atoms with E-state index in [-0.39, 0.29) is 12.5 Å². The molecule has 2 amide bonds. The second-order valence-corrected chi connectivity index (χ2v) is 10.3. The summed E-state index contributed by atoms with van der Waals surface area (Å²) in [6, 6.07) is 3.38. The van der Waals surface area contributed by atoms with Gasteiger partial charge in [-0.15, -0.1) is 0 Å². The number of carbonyl (C=O) groups excluding carboxylic acids is 4. The normalized spacial score (nSPS) is 13.3. The number of hydrogen-bond acceptors (Lipinski definition) is 6. The highest BCUT2D eigenvalue weighted by molar-refractivity contribution is 9.10. The minimum absolute atomic E-state index is 0.286. The van der Waals surface area contributed by atoms with Crippen LogP contribution < -0.4 is 5.32 Å². The molecule has 2 rings (SSSR count). The fourth-order valence-electron chi connectivity index (χ4n) is 3.50.